The monoisotopic (exact) mass is 465 g/mol. The van der Waals surface area contributed by atoms with E-state index in [1.54, 1.807) is 60.9 Å². The van der Waals surface area contributed by atoms with Gasteiger partial charge in [0, 0.05) is 49.3 Å². The Bertz CT molecular complexity index is 1180. The number of rotatable bonds is 7. The second kappa shape index (κ2) is 10.0. The van der Waals surface area contributed by atoms with Gasteiger partial charge in [-0.3, -0.25) is 14.5 Å². The molecule has 1 saturated heterocycles. The highest BCUT2D eigenvalue weighted by Gasteiger charge is 2.16. The third-order valence-corrected chi connectivity index (χ3v) is 6.76. The van der Waals surface area contributed by atoms with E-state index in [1.807, 2.05) is 12.1 Å². The molecule has 33 heavy (non-hydrogen) atoms. The molecule has 0 bridgehead atoms. The number of nitrogens with one attached hydrogen (secondary N) is 2. The SMILES string of the molecule is CN1CCN(c2ccc(NS(=O)(=O)Cc3ccc(C(=O)Nc4cccnc4)cc3)cc2)CC1. The Hall–Kier alpha value is -3.43. The minimum atomic E-state index is -3.59. The molecule has 0 aliphatic carbocycles. The van der Waals surface area contributed by atoms with Crippen LogP contribution in [0.5, 0.6) is 0 Å². The Morgan fingerprint density at radius 2 is 1.64 bits per heavy atom. The van der Waals surface area contributed by atoms with Gasteiger partial charge in [-0.05, 0) is 61.1 Å². The third-order valence-electron chi connectivity index (χ3n) is 5.50. The lowest BCUT2D eigenvalue weighted by Gasteiger charge is -2.34. The van der Waals surface area contributed by atoms with Crippen LogP contribution in [0.4, 0.5) is 17.1 Å². The summed E-state index contributed by atoms with van der Waals surface area (Å²) in [6, 6.07) is 17.5. The number of pyridine rings is 1. The summed E-state index contributed by atoms with van der Waals surface area (Å²) >= 11 is 0. The van der Waals surface area contributed by atoms with Crippen molar-refractivity contribution < 1.29 is 13.2 Å². The van der Waals surface area contributed by atoms with E-state index in [0.717, 1.165) is 31.9 Å². The molecule has 1 amide bonds. The fourth-order valence-corrected chi connectivity index (χ4v) is 4.83. The molecule has 0 atom stereocenters. The van der Waals surface area contributed by atoms with E-state index in [-0.39, 0.29) is 11.7 Å². The summed E-state index contributed by atoms with van der Waals surface area (Å²) in [6.07, 6.45) is 3.18. The fraction of sp³-hybridized carbons (Fsp3) is 0.250. The average molecular weight is 466 g/mol. The van der Waals surface area contributed by atoms with Crippen LogP contribution in [0, 0.1) is 0 Å². The van der Waals surface area contributed by atoms with Crippen molar-refractivity contribution in [3.8, 4) is 0 Å². The number of piperazine rings is 1. The van der Waals surface area contributed by atoms with E-state index in [0.29, 0.717) is 22.5 Å². The number of hydrogen-bond acceptors (Lipinski definition) is 6. The number of benzene rings is 2. The molecular formula is C24H27N5O3S. The lowest BCUT2D eigenvalue weighted by Crippen LogP contribution is -2.44. The summed E-state index contributed by atoms with van der Waals surface area (Å²) in [4.78, 5) is 20.9. The van der Waals surface area contributed by atoms with Gasteiger partial charge in [0.2, 0.25) is 10.0 Å². The van der Waals surface area contributed by atoms with Gasteiger partial charge in [0.1, 0.15) is 0 Å². The Morgan fingerprint density at radius 3 is 2.27 bits per heavy atom. The second-order valence-corrected chi connectivity index (χ2v) is 9.81. The second-order valence-electron chi connectivity index (χ2n) is 8.09. The van der Waals surface area contributed by atoms with Crippen molar-refractivity contribution in [2.24, 2.45) is 0 Å². The molecule has 0 radical (unpaired) electrons. The van der Waals surface area contributed by atoms with Crippen LogP contribution < -0.4 is 14.9 Å². The van der Waals surface area contributed by atoms with Gasteiger partial charge in [-0.2, -0.15) is 0 Å². The van der Waals surface area contributed by atoms with Crippen molar-refractivity contribution in [2.45, 2.75) is 5.75 Å². The number of sulfonamides is 1. The molecule has 2 heterocycles. The quantitative estimate of drug-likeness (QED) is 0.557. The molecule has 0 spiro atoms. The molecule has 1 aromatic heterocycles. The largest absolute Gasteiger partial charge is 0.369 e. The molecule has 2 N–H and O–H groups in total. The van der Waals surface area contributed by atoms with Gasteiger partial charge >= 0.3 is 0 Å². The van der Waals surface area contributed by atoms with Crippen molar-refractivity contribution in [3.63, 3.8) is 0 Å². The molecule has 4 rings (SSSR count). The lowest BCUT2D eigenvalue weighted by molar-refractivity contribution is 0.102. The van der Waals surface area contributed by atoms with Crippen LogP contribution in [0.3, 0.4) is 0 Å². The number of anilines is 3. The summed E-state index contributed by atoms with van der Waals surface area (Å²) in [5.74, 6) is -0.464. The van der Waals surface area contributed by atoms with E-state index in [4.69, 9.17) is 0 Å². The van der Waals surface area contributed by atoms with Gasteiger partial charge in [0.05, 0.1) is 17.6 Å². The number of likely N-dealkylation sites (N-methyl/N-ethyl adjacent to an activating group) is 1. The molecule has 0 saturated carbocycles. The Labute approximate surface area is 194 Å². The summed E-state index contributed by atoms with van der Waals surface area (Å²) in [5.41, 5.74) is 3.24. The molecule has 1 aliphatic heterocycles. The van der Waals surface area contributed by atoms with Crippen LogP contribution in [0.25, 0.3) is 0 Å². The summed E-state index contributed by atoms with van der Waals surface area (Å²) in [7, 11) is -1.48. The van der Waals surface area contributed by atoms with Crippen LogP contribution in [-0.2, 0) is 15.8 Å². The van der Waals surface area contributed by atoms with Gasteiger partial charge in [0.15, 0.2) is 0 Å². The standard InChI is InChI=1S/C24H27N5O3S/c1-28-13-15-29(16-14-28)23-10-8-21(9-11-23)27-33(31,32)18-19-4-6-20(7-5-19)24(30)26-22-3-2-12-25-17-22/h2-12,17,27H,13-16,18H2,1H3,(H,26,30). The zero-order valence-corrected chi connectivity index (χ0v) is 19.3. The van der Waals surface area contributed by atoms with Crippen LogP contribution in [-0.4, -0.2) is 57.4 Å². The molecule has 0 unspecified atom stereocenters. The summed E-state index contributed by atoms with van der Waals surface area (Å²) in [6.45, 7) is 3.94. The number of nitrogens with zero attached hydrogens (tertiary/aromatic N) is 3. The van der Waals surface area contributed by atoms with Crippen LogP contribution in [0.15, 0.2) is 73.1 Å². The highest BCUT2D eigenvalue weighted by molar-refractivity contribution is 7.91. The molecule has 1 fully saturated rings. The Morgan fingerprint density at radius 1 is 0.939 bits per heavy atom. The van der Waals surface area contributed by atoms with Gasteiger partial charge in [-0.1, -0.05) is 12.1 Å². The molecule has 1 aliphatic rings. The van der Waals surface area contributed by atoms with Gasteiger partial charge in [0.25, 0.3) is 5.91 Å². The van der Waals surface area contributed by atoms with Crippen molar-refractivity contribution in [1.82, 2.24) is 9.88 Å². The smallest absolute Gasteiger partial charge is 0.255 e. The van der Waals surface area contributed by atoms with E-state index < -0.39 is 10.0 Å². The first kappa shape index (κ1) is 22.8. The number of carbonyl (C=O) groups excluding carboxylic acids is 1. The van der Waals surface area contributed by atoms with Gasteiger partial charge in [-0.25, -0.2) is 8.42 Å². The van der Waals surface area contributed by atoms with Crippen LogP contribution in [0.2, 0.25) is 0 Å². The number of hydrogen-bond donors (Lipinski definition) is 2. The molecular weight excluding hydrogens is 438 g/mol. The highest BCUT2D eigenvalue weighted by Crippen LogP contribution is 2.21. The number of carbonyl (C=O) groups is 1. The van der Waals surface area contributed by atoms with E-state index >= 15 is 0 Å². The van der Waals surface area contributed by atoms with Crippen molar-refractivity contribution in [3.05, 3.63) is 84.2 Å². The van der Waals surface area contributed by atoms with Crippen molar-refractivity contribution in [1.29, 1.82) is 0 Å². The number of aromatic nitrogens is 1. The predicted molar refractivity (Wildman–Crippen MR) is 131 cm³/mol. The maximum absolute atomic E-state index is 12.6. The first-order chi connectivity index (χ1) is 15.9. The zero-order chi connectivity index (χ0) is 23.3. The van der Waals surface area contributed by atoms with Gasteiger partial charge < -0.3 is 15.1 Å². The maximum atomic E-state index is 12.6. The minimum Gasteiger partial charge on any atom is -0.369 e. The van der Waals surface area contributed by atoms with Crippen molar-refractivity contribution in [2.75, 3.05) is 48.2 Å². The van der Waals surface area contributed by atoms with Gasteiger partial charge in [-0.15, -0.1) is 0 Å². The molecule has 2 aromatic carbocycles. The van der Waals surface area contributed by atoms with Crippen LogP contribution in [0.1, 0.15) is 15.9 Å². The normalized spacial score (nSPS) is 14.6. The minimum absolute atomic E-state index is 0.183. The molecule has 172 valence electrons. The predicted octanol–water partition coefficient (Wildman–Crippen LogP) is 3.03. The van der Waals surface area contributed by atoms with Crippen molar-refractivity contribution >= 4 is 33.0 Å². The van der Waals surface area contributed by atoms with E-state index in [9.17, 15) is 13.2 Å². The Balaban J connectivity index is 1.34. The first-order valence-electron chi connectivity index (χ1n) is 10.7. The molecule has 8 nitrogen and oxygen atoms in total. The fourth-order valence-electron chi connectivity index (χ4n) is 3.63. The number of amides is 1. The van der Waals surface area contributed by atoms with E-state index in [1.165, 1.54) is 0 Å². The first-order valence-corrected chi connectivity index (χ1v) is 12.4. The zero-order valence-electron chi connectivity index (χ0n) is 18.4. The van der Waals surface area contributed by atoms with Crippen LogP contribution >= 0.6 is 0 Å². The topological polar surface area (TPSA) is 94.6 Å². The molecule has 3 aromatic rings. The highest BCUT2D eigenvalue weighted by atomic mass is 32.2. The Kier molecular flexibility index (Phi) is 6.90. The molecule has 9 heteroatoms. The summed E-state index contributed by atoms with van der Waals surface area (Å²) < 4.78 is 27.9. The average Bonchev–Trinajstić information content (AvgIpc) is 2.81. The third kappa shape index (κ3) is 6.30. The maximum Gasteiger partial charge on any atom is 0.255 e. The summed E-state index contributed by atoms with van der Waals surface area (Å²) in [5, 5.41) is 2.75. The lowest BCUT2D eigenvalue weighted by atomic mass is 10.1. The van der Waals surface area contributed by atoms with E-state index in [2.05, 4.69) is 31.9 Å².